The van der Waals surface area contributed by atoms with Gasteiger partial charge in [0.15, 0.2) is 0 Å². The molecule has 1 saturated heterocycles. The largest absolute Gasteiger partial charge is 0.319 e. The summed E-state index contributed by atoms with van der Waals surface area (Å²) in [5.41, 5.74) is 2.77. The molecule has 130 valence electrons. The van der Waals surface area contributed by atoms with E-state index in [1.807, 2.05) is 0 Å². The van der Waals surface area contributed by atoms with Gasteiger partial charge in [-0.2, -0.15) is 0 Å². The van der Waals surface area contributed by atoms with Crippen LogP contribution >= 0.6 is 11.6 Å². The zero-order valence-electron chi connectivity index (χ0n) is 15.1. The van der Waals surface area contributed by atoms with Gasteiger partial charge < -0.3 is 5.32 Å². The first kappa shape index (κ1) is 18.8. The molecule has 0 aromatic heterocycles. The van der Waals surface area contributed by atoms with E-state index in [2.05, 4.69) is 49.3 Å². The highest BCUT2D eigenvalue weighted by molar-refractivity contribution is 6.31. The second-order valence-corrected chi connectivity index (χ2v) is 7.88. The molecule has 2 aliphatic rings. The Bertz CT molecular complexity index is 456. The van der Waals surface area contributed by atoms with E-state index in [0.29, 0.717) is 0 Å². The monoisotopic (exact) mass is 336 g/mol. The second-order valence-electron chi connectivity index (χ2n) is 7.44. The van der Waals surface area contributed by atoms with Crippen LogP contribution in [-0.4, -0.2) is 38.1 Å². The summed E-state index contributed by atoms with van der Waals surface area (Å²) in [6, 6.07) is 0. The normalized spacial score (nSPS) is 22.2. The Morgan fingerprint density at radius 3 is 2.74 bits per heavy atom. The van der Waals surface area contributed by atoms with E-state index < -0.39 is 0 Å². The van der Waals surface area contributed by atoms with Crippen LogP contribution in [0, 0.1) is 11.8 Å². The van der Waals surface area contributed by atoms with Crippen LogP contribution in [0.4, 0.5) is 0 Å². The fourth-order valence-corrected chi connectivity index (χ4v) is 3.98. The van der Waals surface area contributed by atoms with Crippen LogP contribution in [-0.2, 0) is 0 Å². The van der Waals surface area contributed by atoms with Crippen molar-refractivity contribution in [3.63, 3.8) is 0 Å². The minimum Gasteiger partial charge on any atom is -0.319 e. The van der Waals surface area contributed by atoms with Gasteiger partial charge in [-0.3, -0.25) is 4.90 Å². The SMILES string of the molecule is CNCC(C)CCC1CCN(CC2=CC(C)=CC(Cl)=CC2)CC1. The maximum absolute atomic E-state index is 6.16. The highest BCUT2D eigenvalue weighted by Gasteiger charge is 2.20. The standard InChI is InChI=1S/C20H33ClN2/c1-16(14-22-3)4-5-18-8-10-23(11-9-18)15-19-6-7-20(21)13-17(2)12-19/h7,12-13,16,18,22H,4-6,8-11,14-15H2,1-3H3. The average Bonchev–Trinajstić information content (AvgIpc) is 2.67. The van der Waals surface area contributed by atoms with Crippen LogP contribution in [0.25, 0.3) is 0 Å². The summed E-state index contributed by atoms with van der Waals surface area (Å²) < 4.78 is 0. The van der Waals surface area contributed by atoms with Crippen molar-refractivity contribution in [2.24, 2.45) is 11.8 Å². The molecule has 0 radical (unpaired) electrons. The molecule has 0 saturated carbocycles. The van der Waals surface area contributed by atoms with Gasteiger partial charge in [0.1, 0.15) is 0 Å². The fraction of sp³-hybridized carbons (Fsp3) is 0.700. The number of nitrogens with zero attached hydrogens (tertiary/aromatic N) is 1. The number of rotatable bonds is 7. The summed E-state index contributed by atoms with van der Waals surface area (Å²) in [5.74, 6) is 1.74. The number of likely N-dealkylation sites (tertiary alicyclic amines) is 1. The lowest BCUT2D eigenvalue weighted by Gasteiger charge is -2.33. The molecule has 0 bridgehead atoms. The minimum atomic E-state index is 0.806. The molecule has 3 heteroatoms. The van der Waals surface area contributed by atoms with Crippen LogP contribution in [0.5, 0.6) is 0 Å². The molecule has 0 spiro atoms. The van der Waals surface area contributed by atoms with Crippen LogP contribution < -0.4 is 5.32 Å². The predicted octanol–water partition coefficient (Wildman–Crippen LogP) is 4.73. The molecule has 2 nitrogen and oxygen atoms in total. The van der Waals surface area contributed by atoms with Crippen LogP contribution in [0.15, 0.2) is 34.4 Å². The topological polar surface area (TPSA) is 15.3 Å². The van der Waals surface area contributed by atoms with Gasteiger partial charge in [0.05, 0.1) is 0 Å². The van der Waals surface area contributed by atoms with Gasteiger partial charge in [-0.15, -0.1) is 0 Å². The molecule has 1 heterocycles. The summed E-state index contributed by atoms with van der Waals surface area (Å²) in [5, 5.41) is 4.16. The fourth-order valence-electron chi connectivity index (χ4n) is 3.73. The summed E-state index contributed by atoms with van der Waals surface area (Å²) in [6.07, 6.45) is 13.0. The first-order valence-electron chi connectivity index (χ1n) is 9.17. The Balaban J connectivity index is 1.72. The molecule has 1 atom stereocenters. The smallest absolute Gasteiger partial charge is 0.0371 e. The van der Waals surface area contributed by atoms with Gasteiger partial charge in [0.2, 0.25) is 0 Å². The van der Waals surface area contributed by atoms with E-state index >= 15 is 0 Å². The highest BCUT2D eigenvalue weighted by Crippen LogP contribution is 2.26. The lowest BCUT2D eigenvalue weighted by atomic mass is 9.89. The molecule has 0 aromatic carbocycles. The van der Waals surface area contributed by atoms with Crippen molar-refractivity contribution in [1.82, 2.24) is 10.2 Å². The molecule has 0 aromatic rings. The quantitative estimate of drug-likeness (QED) is 0.722. The Morgan fingerprint density at radius 1 is 1.30 bits per heavy atom. The van der Waals surface area contributed by atoms with Crippen molar-refractivity contribution < 1.29 is 0 Å². The van der Waals surface area contributed by atoms with E-state index in [9.17, 15) is 0 Å². The van der Waals surface area contributed by atoms with Crippen LogP contribution in [0.2, 0.25) is 0 Å². The van der Waals surface area contributed by atoms with Gasteiger partial charge in [0, 0.05) is 11.6 Å². The summed E-state index contributed by atoms with van der Waals surface area (Å²) in [6.45, 7) is 9.26. The Labute approximate surface area is 147 Å². The molecule has 1 unspecified atom stereocenters. The third-order valence-electron chi connectivity index (χ3n) is 5.11. The van der Waals surface area contributed by atoms with E-state index in [4.69, 9.17) is 11.6 Å². The van der Waals surface area contributed by atoms with E-state index in [1.54, 1.807) is 0 Å². The molecule has 23 heavy (non-hydrogen) atoms. The van der Waals surface area contributed by atoms with Gasteiger partial charge in [-0.25, -0.2) is 0 Å². The first-order chi connectivity index (χ1) is 11.1. The Hall–Kier alpha value is -0.570. The van der Waals surface area contributed by atoms with E-state index in [-0.39, 0.29) is 0 Å². The number of hydrogen-bond donors (Lipinski definition) is 1. The number of halogens is 1. The lowest BCUT2D eigenvalue weighted by Crippen LogP contribution is -2.35. The van der Waals surface area contributed by atoms with Crippen molar-refractivity contribution >= 4 is 11.6 Å². The predicted molar refractivity (Wildman–Crippen MR) is 102 cm³/mol. The number of hydrogen-bond acceptors (Lipinski definition) is 2. The van der Waals surface area contributed by atoms with Crippen LogP contribution in [0.3, 0.4) is 0 Å². The zero-order valence-corrected chi connectivity index (χ0v) is 15.8. The molecule has 0 amide bonds. The summed E-state index contributed by atoms with van der Waals surface area (Å²) >= 11 is 6.16. The van der Waals surface area contributed by atoms with Crippen molar-refractivity contribution in [3.05, 3.63) is 34.4 Å². The van der Waals surface area contributed by atoms with Crippen molar-refractivity contribution in [2.45, 2.75) is 46.0 Å². The van der Waals surface area contributed by atoms with Gasteiger partial charge in [-0.1, -0.05) is 42.7 Å². The maximum atomic E-state index is 6.16. The third-order valence-corrected chi connectivity index (χ3v) is 5.37. The number of nitrogens with one attached hydrogen (secondary N) is 1. The summed E-state index contributed by atoms with van der Waals surface area (Å²) in [7, 11) is 2.05. The second kappa shape index (κ2) is 9.66. The molecular formula is C20H33ClN2. The molecular weight excluding hydrogens is 304 g/mol. The molecule has 1 aliphatic heterocycles. The molecule has 1 aliphatic carbocycles. The van der Waals surface area contributed by atoms with Gasteiger partial charge >= 0.3 is 0 Å². The van der Waals surface area contributed by atoms with Gasteiger partial charge in [-0.05, 0) is 82.8 Å². The number of allylic oxidation sites excluding steroid dienone is 5. The maximum Gasteiger partial charge on any atom is 0.0371 e. The lowest BCUT2D eigenvalue weighted by molar-refractivity contribution is 0.185. The van der Waals surface area contributed by atoms with Crippen molar-refractivity contribution in [1.29, 1.82) is 0 Å². The molecule has 1 fully saturated rings. The van der Waals surface area contributed by atoms with Crippen LogP contribution in [0.1, 0.15) is 46.0 Å². The third kappa shape index (κ3) is 6.82. The van der Waals surface area contributed by atoms with Crippen molar-refractivity contribution in [2.75, 3.05) is 33.2 Å². The van der Waals surface area contributed by atoms with E-state index in [1.165, 1.54) is 49.9 Å². The average molecular weight is 337 g/mol. The Morgan fingerprint density at radius 2 is 2.04 bits per heavy atom. The molecule has 2 rings (SSSR count). The number of piperidine rings is 1. The van der Waals surface area contributed by atoms with E-state index in [0.717, 1.165) is 36.4 Å². The summed E-state index contributed by atoms with van der Waals surface area (Å²) in [4.78, 5) is 2.62. The molecule has 1 N–H and O–H groups in total. The Kier molecular flexibility index (Phi) is 7.88. The minimum absolute atomic E-state index is 0.806. The van der Waals surface area contributed by atoms with Crippen molar-refractivity contribution in [3.8, 4) is 0 Å². The first-order valence-corrected chi connectivity index (χ1v) is 9.55. The zero-order chi connectivity index (χ0) is 16.7. The van der Waals surface area contributed by atoms with Gasteiger partial charge in [0.25, 0.3) is 0 Å². The highest BCUT2D eigenvalue weighted by atomic mass is 35.5.